The number of hydrogen-bond acceptors (Lipinski definition) is 3. The first-order valence-corrected chi connectivity index (χ1v) is 10.4. The van der Waals surface area contributed by atoms with Crippen LogP contribution in [-0.2, 0) is 11.2 Å². The molecule has 0 fully saturated rings. The van der Waals surface area contributed by atoms with Crippen LogP contribution in [0.4, 0.5) is 0 Å². The predicted molar refractivity (Wildman–Crippen MR) is 126 cm³/mol. The SMILES string of the molecule is CC(Cc1ccccc1)OC(=S)c1ccc(Br)cc1.O=C(S)c1ccccc1. The normalized spacial score (nSPS) is 11.0. The van der Waals surface area contributed by atoms with Crippen molar-refractivity contribution in [2.45, 2.75) is 19.4 Å². The summed E-state index contributed by atoms with van der Waals surface area (Å²) in [4.78, 5) is 10.5. The molecule has 0 heterocycles. The highest BCUT2D eigenvalue weighted by Crippen LogP contribution is 2.14. The van der Waals surface area contributed by atoms with Crippen LogP contribution < -0.4 is 0 Å². The van der Waals surface area contributed by atoms with Gasteiger partial charge in [0.1, 0.15) is 6.10 Å². The van der Waals surface area contributed by atoms with Crippen LogP contribution in [0.3, 0.4) is 0 Å². The van der Waals surface area contributed by atoms with E-state index in [1.165, 1.54) is 5.56 Å². The number of ether oxygens (including phenoxy) is 1. The fourth-order valence-corrected chi connectivity index (χ4v) is 3.12. The minimum Gasteiger partial charge on any atom is -0.480 e. The summed E-state index contributed by atoms with van der Waals surface area (Å²) in [5.74, 6) is 0. The van der Waals surface area contributed by atoms with Gasteiger partial charge >= 0.3 is 0 Å². The van der Waals surface area contributed by atoms with Crippen LogP contribution in [0.15, 0.2) is 89.4 Å². The Morgan fingerprint density at radius 2 is 1.46 bits per heavy atom. The topological polar surface area (TPSA) is 26.3 Å². The number of benzene rings is 3. The van der Waals surface area contributed by atoms with Crippen molar-refractivity contribution >= 4 is 50.9 Å². The van der Waals surface area contributed by atoms with Gasteiger partial charge in [0.2, 0.25) is 5.12 Å². The van der Waals surface area contributed by atoms with Crippen LogP contribution in [0.25, 0.3) is 0 Å². The molecule has 0 saturated carbocycles. The summed E-state index contributed by atoms with van der Waals surface area (Å²) in [7, 11) is 0. The second kappa shape index (κ2) is 11.8. The molecule has 0 N–H and O–H groups in total. The predicted octanol–water partition coefficient (Wildman–Crippen LogP) is 6.53. The number of hydrogen-bond donors (Lipinski definition) is 1. The molecule has 1 atom stereocenters. The molecule has 0 aliphatic carbocycles. The van der Waals surface area contributed by atoms with Crippen LogP contribution >= 0.6 is 40.8 Å². The van der Waals surface area contributed by atoms with Crippen LogP contribution in [0.5, 0.6) is 0 Å². The summed E-state index contributed by atoms with van der Waals surface area (Å²) in [5, 5.41) is 0.367. The van der Waals surface area contributed by atoms with Crippen molar-refractivity contribution in [3.8, 4) is 0 Å². The Balaban J connectivity index is 0.000000261. The molecule has 0 amide bonds. The number of carbonyl (C=O) groups is 1. The maximum atomic E-state index is 10.5. The Morgan fingerprint density at radius 1 is 0.929 bits per heavy atom. The summed E-state index contributed by atoms with van der Waals surface area (Å²) in [6.45, 7) is 2.04. The van der Waals surface area contributed by atoms with Gasteiger partial charge in [-0.25, -0.2) is 0 Å². The van der Waals surface area contributed by atoms with Crippen molar-refractivity contribution in [1.29, 1.82) is 0 Å². The fourth-order valence-electron chi connectivity index (χ4n) is 2.41. The van der Waals surface area contributed by atoms with Crippen LogP contribution in [0, 0.1) is 0 Å². The second-order valence-electron chi connectivity index (χ2n) is 6.08. The fraction of sp³-hybridized carbons (Fsp3) is 0.130. The van der Waals surface area contributed by atoms with Crippen molar-refractivity contribution in [3.05, 3.63) is 106 Å². The first kappa shape index (κ1) is 22.3. The molecule has 3 aromatic carbocycles. The lowest BCUT2D eigenvalue weighted by Gasteiger charge is -2.15. The summed E-state index contributed by atoms with van der Waals surface area (Å²) in [6, 6.07) is 27.1. The van der Waals surface area contributed by atoms with Crippen molar-refractivity contribution in [2.24, 2.45) is 0 Å². The number of carbonyl (C=O) groups excluding carboxylic acids is 1. The van der Waals surface area contributed by atoms with E-state index in [1.54, 1.807) is 12.1 Å². The zero-order valence-corrected chi connectivity index (χ0v) is 18.7. The average Bonchev–Trinajstić information content (AvgIpc) is 2.70. The third kappa shape index (κ3) is 7.97. The highest BCUT2D eigenvalue weighted by molar-refractivity contribution is 9.10. The van der Waals surface area contributed by atoms with Crippen LogP contribution in [0.1, 0.15) is 28.4 Å². The lowest BCUT2D eigenvalue weighted by atomic mass is 10.1. The van der Waals surface area contributed by atoms with Crippen LogP contribution in [-0.4, -0.2) is 16.3 Å². The molecule has 5 heteroatoms. The Bertz CT molecular complexity index is 881. The largest absolute Gasteiger partial charge is 0.480 e. The highest BCUT2D eigenvalue weighted by atomic mass is 79.9. The molecule has 0 radical (unpaired) electrons. The number of thiol groups is 1. The van der Waals surface area contributed by atoms with E-state index in [0.717, 1.165) is 16.5 Å². The monoisotopic (exact) mass is 472 g/mol. The van der Waals surface area contributed by atoms with Gasteiger partial charge in [-0.05, 0) is 49.0 Å². The highest BCUT2D eigenvalue weighted by Gasteiger charge is 2.09. The first-order chi connectivity index (χ1) is 13.5. The van der Waals surface area contributed by atoms with E-state index in [4.69, 9.17) is 17.0 Å². The zero-order chi connectivity index (χ0) is 20.4. The van der Waals surface area contributed by atoms with E-state index in [1.807, 2.05) is 67.6 Å². The third-order valence-electron chi connectivity index (χ3n) is 3.77. The average molecular weight is 473 g/mol. The van der Waals surface area contributed by atoms with E-state index in [2.05, 4.69) is 40.7 Å². The molecule has 2 nitrogen and oxygen atoms in total. The van der Waals surface area contributed by atoms with E-state index < -0.39 is 0 Å². The number of rotatable bonds is 5. The van der Waals surface area contributed by atoms with Gasteiger partial charge in [0.25, 0.3) is 0 Å². The van der Waals surface area contributed by atoms with Gasteiger partial charge in [-0.1, -0.05) is 76.6 Å². The minimum absolute atomic E-state index is 0.0681. The van der Waals surface area contributed by atoms with E-state index in [-0.39, 0.29) is 11.2 Å². The maximum absolute atomic E-state index is 10.5. The molecular weight excluding hydrogens is 452 g/mol. The zero-order valence-electron chi connectivity index (χ0n) is 15.4. The van der Waals surface area contributed by atoms with E-state index in [9.17, 15) is 4.79 Å². The molecule has 1 unspecified atom stereocenters. The van der Waals surface area contributed by atoms with Gasteiger partial charge < -0.3 is 4.74 Å². The van der Waals surface area contributed by atoms with E-state index >= 15 is 0 Å². The molecule has 0 aliphatic heterocycles. The van der Waals surface area contributed by atoms with Gasteiger partial charge in [0.05, 0.1) is 0 Å². The summed E-state index contributed by atoms with van der Waals surface area (Å²) >= 11 is 12.4. The van der Waals surface area contributed by atoms with Crippen molar-refractivity contribution < 1.29 is 9.53 Å². The molecule has 28 heavy (non-hydrogen) atoms. The van der Waals surface area contributed by atoms with Gasteiger partial charge in [-0.15, -0.1) is 12.6 Å². The van der Waals surface area contributed by atoms with E-state index in [0.29, 0.717) is 10.6 Å². The molecule has 3 rings (SSSR count). The van der Waals surface area contributed by atoms with Crippen molar-refractivity contribution in [3.63, 3.8) is 0 Å². The molecule has 0 aromatic heterocycles. The Labute approximate surface area is 185 Å². The summed E-state index contributed by atoms with van der Waals surface area (Å²) in [6.07, 6.45) is 0.927. The first-order valence-electron chi connectivity index (χ1n) is 8.74. The van der Waals surface area contributed by atoms with Gasteiger partial charge in [0.15, 0.2) is 5.05 Å². The Kier molecular flexibility index (Phi) is 9.41. The molecule has 0 aliphatic rings. The molecule has 0 saturated heterocycles. The second-order valence-corrected chi connectivity index (χ2v) is 7.78. The molecule has 144 valence electrons. The van der Waals surface area contributed by atoms with Crippen LogP contribution in [0.2, 0.25) is 0 Å². The standard InChI is InChI=1S/C16H15BrOS.C7H6OS/c1-12(11-13-5-3-2-4-6-13)18-16(19)14-7-9-15(17)10-8-14;8-7(9)6-4-2-1-3-5-6/h2-10,12H,11H2,1H3;1-5H,(H,8,9). The number of thiocarbonyl (C=S) groups is 1. The molecule has 3 aromatic rings. The molecular formula is C23H21BrO2S2. The maximum Gasteiger partial charge on any atom is 0.216 e. The third-order valence-corrected chi connectivity index (χ3v) is 4.89. The lowest BCUT2D eigenvalue weighted by Crippen LogP contribution is -2.16. The molecule has 0 bridgehead atoms. The smallest absolute Gasteiger partial charge is 0.216 e. The van der Waals surface area contributed by atoms with Gasteiger partial charge in [-0.2, -0.15) is 0 Å². The quantitative estimate of drug-likeness (QED) is 0.337. The van der Waals surface area contributed by atoms with Gasteiger partial charge in [0, 0.05) is 22.0 Å². The number of halogens is 1. The molecule has 0 spiro atoms. The minimum atomic E-state index is -0.185. The lowest BCUT2D eigenvalue weighted by molar-refractivity contribution is 0.109. The van der Waals surface area contributed by atoms with Gasteiger partial charge in [-0.3, -0.25) is 4.79 Å². The van der Waals surface area contributed by atoms with Crippen molar-refractivity contribution in [1.82, 2.24) is 0 Å². The summed E-state index contributed by atoms with van der Waals surface area (Å²) < 4.78 is 6.83. The van der Waals surface area contributed by atoms with Crippen molar-refractivity contribution in [2.75, 3.05) is 0 Å². The Hall–Kier alpha value is -1.95. The summed E-state index contributed by atoms with van der Waals surface area (Å²) in [5.41, 5.74) is 2.84. The Morgan fingerprint density at radius 3 is 1.96 bits per heavy atom.